The molecule has 0 saturated carbocycles. The summed E-state index contributed by atoms with van der Waals surface area (Å²) in [5.41, 5.74) is 1.14. The number of anilines is 1. The first-order chi connectivity index (χ1) is 7.99. The van der Waals surface area contributed by atoms with E-state index in [0.29, 0.717) is 17.2 Å². The van der Waals surface area contributed by atoms with Crippen LogP contribution in [0.2, 0.25) is 0 Å². The minimum atomic E-state index is -1.28. The number of rotatable bonds is 1. The molecule has 0 bridgehead atoms. The molecule has 6 nitrogen and oxygen atoms in total. The van der Waals surface area contributed by atoms with Crippen LogP contribution in [0.3, 0.4) is 0 Å². The third-order valence-electron chi connectivity index (χ3n) is 2.71. The zero-order chi connectivity index (χ0) is 12.6. The lowest BCUT2D eigenvalue weighted by molar-refractivity contribution is -0.135. The van der Waals surface area contributed by atoms with Crippen LogP contribution in [-0.2, 0) is 4.79 Å². The van der Waals surface area contributed by atoms with Crippen molar-refractivity contribution in [3.8, 4) is 5.75 Å². The fourth-order valence-electron chi connectivity index (χ4n) is 1.80. The Labute approximate surface area is 97.6 Å². The highest BCUT2D eigenvalue weighted by atomic mass is 16.5. The van der Waals surface area contributed by atoms with Gasteiger partial charge < -0.3 is 9.84 Å². The first kappa shape index (κ1) is 11.4. The van der Waals surface area contributed by atoms with E-state index in [1.54, 1.807) is 12.1 Å². The molecule has 1 aromatic carbocycles. The van der Waals surface area contributed by atoms with Crippen LogP contribution in [0.25, 0.3) is 0 Å². The van der Waals surface area contributed by atoms with Crippen molar-refractivity contribution in [1.29, 1.82) is 0 Å². The average molecular weight is 236 g/mol. The number of carbonyl (C=O) groups is 2. The van der Waals surface area contributed by atoms with E-state index in [2.05, 4.69) is 0 Å². The van der Waals surface area contributed by atoms with Crippen molar-refractivity contribution in [2.24, 2.45) is 5.84 Å². The molecule has 1 aliphatic heterocycles. The van der Waals surface area contributed by atoms with Crippen molar-refractivity contribution >= 4 is 17.7 Å². The largest absolute Gasteiger partial charge is 0.464 e. The van der Waals surface area contributed by atoms with Crippen molar-refractivity contribution in [1.82, 2.24) is 0 Å². The average Bonchev–Trinajstić information content (AvgIpc) is 2.26. The van der Waals surface area contributed by atoms with Crippen LogP contribution in [0.4, 0.5) is 10.5 Å². The number of nitrogens with zero attached hydrogens (tertiary/aromatic N) is 1. The number of hydrogen-bond acceptors (Lipinski definition) is 4. The Bertz CT molecular complexity index is 486. The summed E-state index contributed by atoms with van der Waals surface area (Å²) in [7, 11) is 0. The number of hydrazine groups is 1. The van der Waals surface area contributed by atoms with Crippen LogP contribution < -0.4 is 15.6 Å². The summed E-state index contributed by atoms with van der Waals surface area (Å²) in [6.45, 7) is 1.91. The summed E-state index contributed by atoms with van der Waals surface area (Å²) < 4.78 is 5.06. The first-order valence-electron chi connectivity index (χ1n) is 5.11. The second kappa shape index (κ2) is 4.06. The molecule has 0 fully saturated rings. The fourth-order valence-corrected chi connectivity index (χ4v) is 1.80. The van der Waals surface area contributed by atoms with E-state index in [-0.39, 0.29) is 17.6 Å². The van der Waals surface area contributed by atoms with Gasteiger partial charge in [-0.1, -0.05) is 13.0 Å². The Morgan fingerprint density at radius 2 is 2.29 bits per heavy atom. The lowest BCUT2D eigenvalue weighted by atomic mass is 9.94. The molecule has 0 radical (unpaired) electrons. The molecule has 1 heterocycles. The van der Waals surface area contributed by atoms with Crippen molar-refractivity contribution in [3.63, 3.8) is 0 Å². The predicted molar refractivity (Wildman–Crippen MR) is 59.8 cm³/mol. The zero-order valence-corrected chi connectivity index (χ0v) is 9.21. The number of esters is 1. The van der Waals surface area contributed by atoms with Crippen LogP contribution in [-0.4, -0.2) is 17.2 Å². The van der Waals surface area contributed by atoms with Crippen LogP contribution in [0, 0.1) is 0 Å². The lowest BCUT2D eigenvalue weighted by Crippen LogP contribution is -2.36. The molecule has 2 rings (SSSR count). The van der Waals surface area contributed by atoms with Crippen LogP contribution in [0.15, 0.2) is 18.2 Å². The summed E-state index contributed by atoms with van der Waals surface area (Å²) in [6.07, 6.45) is -0.947. The molecule has 3 N–H and O–H groups in total. The topological polar surface area (TPSA) is 92.9 Å². The molecule has 0 saturated heterocycles. The normalized spacial score (nSPS) is 18.2. The van der Waals surface area contributed by atoms with E-state index in [9.17, 15) is 9.59 Å². The molecule has 90 valence electrons. The van der Waals surface area contributed by atoms with E-state index in [4.69, 9.17) is 15.7 Å². The number of fused-ring (bicyclic) bond motifs is 1. The van der Waals surface area contributed by atoms with Gasteiger partial charge in [0.2, 0.25) is 0 Å². The predicted octanol–water partition coefficient (Wildman–Crippen LogP) is 1.46. The molecule has 6 heteroatoms. The molecule has 0 aliphatic carbocycles. The number of benzene rings is 1. The zero-order valence-electron chi connectivity index (χ0n) is 9.21. The lowest BCUT2D eigenvalue weighted by Gasteiger charge is -2.23. The van der Waals surface area contributed by atoms with Gasteiger partial charge >= 0.3 is 12.1 Å². The maximum absolute atomic E-state index is 11.3. The fraction of sp³-hybridized carbons (Fsp3) is 0.273. The third kappa shape index (κ3) is 2.07. The molecule has 1 atom stereocenters. The smallest absolute Gasteiger partial charge is 0.426 e. The molecule has 17 heavy (non-hydrogen) atoms. The number of carboxylic acid groups (broad SMARTS) is 1. The van der Waals surface area contributed by atoms with Gasteiger partial charge in [0.05, 0.1) is 12.1 Å². The number of ether oxygens (including phenoxy) is 1. The minimum Gasteiger partial charge on any atom is -0.464 e. The summed E-state index contributed by atoms with van der Waals surface area (Å²) >= 11 is 0. The van der Waals surface area contributed by atoms with Crippen molar-refractivity contribution in [3.05, 3.63) is 23.8 Å². The van der Waals surface area contributed by atoms with Gasteiger partial charge in [-0.3, -0.25) is 4.79 Å². The summed E-state index contributed by atoms with van der Waals surface area (Å²) in [6, 6.07) is 4.77. The van der Waals surface area contributed by atoms with E-state index < -0.39 is 6.09 Å². The van der Waals surface area contributed by atoms with E-state index >= 15 is 0 Å². The molecule has 0 spiro atoms. The first-order valence-corrected chi connectivity index (χ1v) is 5.11. The second-order valence-corrected chi connectivity index (χ2v) is 3.95. The van der Waals surface area contributed by atoms with Gasteiger partial charge in [-0.25, -0.2) is 15.6 Å². The van der Waals surface area contributed by atoms with E-state index in [0.717, 1.165) is 5.56 Å². The molecule has 0 aromatic heterocycles. The molecular formula is C11H12N2O4. The summed E-state index contributed by atoms with van der Waals surface area (Å²) in [5, 5.41) is 9.31. The molecule has 1 unspecified atom stereocenters. The van der Waals surface area contributed by atoms with Gasteiger partial charge in [0.1, 0.15) is 5.75 Å². The Morgan fingerprint density at radius 1 is 1.59 bits per heavy atom. The summed E-state index contributed by atoms with van der Waals surface area (Å²) in [5.74, 6) is 5.46. The Morgan fingerprint density at radius 3 is 2.94 bits per heavy atom. The Kier molecular flexibility index (Phi) is 2.72. The highest BCUT2D eigenvalue weighted by Crippen LogP contribution is 2.36. The number of hydrogen-bond donors (Lipinski definition) is 2. The molecule has 1 aliphatic rings. The Balaban J connectivity index is 2.40. The standard InChI is InChI=1S/C11H12N2O4/c1-6-4-10(14)17-9-5-7(2-3-8(6)9)13(12)11(15)16/h2-3,5-6H,4,12H2,1H3,(H,15,16). The van der Waals surface area contributed by atoms with Gasteiger partial charge in [-0.2, -0.15) is 0 Å². The number of nitrogens with two attached hydrogens (primary N) is 1. The molecule has 1 amide bonds. The van der Waals surface area contributed by atoms with Gasteiger partial charge in [0.15, 0.2) is 0 Å². The SMILES string of the molecule is CC1CC(=O)Oc2cc(N(N)C(=O)O)ccc21. The monoisotopic (exact) mass is 236 g/mol. The second-order valence-electron chi connectivity index (χ2n) is 3.95. The third-order valence-corrected chi connectivity index (χ3v) is 2.71. The Hall–Kier alpha value is -2.08. The highest BCUT2D eigenvalue weighted by Gasteiger charge is 2.24. The maximum Gasteiger partial charge on any atom is 0.426 e. The van der Waals surface area contributed by atoms with Gasteiger partial charge in [-0.15, -0.1) is 0 Å². The van der Waals surface area contributed by atoms with Gasteiger partial charge in [-0.05, 0) is 17.5 Å². The maximum atomic E-state index is 11.3. The molecular weight excluding hydrogens is 224 g/mol. The van der Waals surface area contributed by atoms with Crippen LogP contribution in [0.1, 0.15) is 24.8 Å². The highest BCUT2D eigenvalue weighted by molar-refractivity contribution is 5.85. The van der Waals surface area contributed by atoms with Crippen molar-refractivity contribution in [2.45, 2.75) is 19.3 Å². The van der Waals surface area contributed by atoms with Crippen LogP contribution in [0.5, 0.6) is 5.75 Å². The quantitative estimate of drug-likeness (QED) is 0.253. The van der Waals surface area contributed by atoms with Crippen molar-refractivity contribution in [2.75, 3.05) is 5.01 Å². The minimum absolute atomic E-state index is 0.0661. The van der Waals surface area contributed by atoms with E-state index in [1.165, 1.54) is 6.07 Å². The van der Waals surface area contributed by atoms with Crippen LogP contribution >= 0.6 is 0 Å². The number of carbonyl (C=O) groups excluding carboxylic acids is 1. The molecule has 1 aromatic rings. The number of amides is 1. The van der Waals surface area contributed by atoms with Crippen molar-refractivity contribution < 1.29 is 19.4 Å². The van der Waals surface area contributed by atoms with Gasteiger partial charge in [0.25, 0.3) is 0 Å². The summed E-state index contributed by atoms with van der Waals surface area (Å²) in [4.78, 5) is 22.0. The van der Waals surface area contributed by atoms with E-state index in [1.807, 2.05) is 6.92 Å². The van der Waals surface area contributed by atoms with Gasteiger partial charge in [0, 0.05) is 6.07 Å².